The fourth-order valence-corrected chi connectivity index (χ4v) is 3.17. The molecule has 5 heteroatoms. The fraction of sp³-hybridized carbons (Fsp3) is 0.375. The molecular formula is C16H20ClNO2S. The van der Waals surface area contributed by atoms with E-state index in [0.717, 1.165) is 12.0 Å². The molecule has 2 aromatic rings. The van der Waals surface area contributed by atoms with E-state index in [-0.39, 0.29) is 0 Å². The average Bonchev–Trinajstić information content (AvgIpc) is 2.98. The summed E-state index contributed by atoms with van der Waals surface area (Å²) in [5, 5.41) is 8.38. The summed E-state index contributed by atoms with van der Waals surface area (Å²) in [5.74, 6) is 1.24. The van der Waals surface area contributed by atoms with Crippen LogP contribution in [0.3, 0.4) is 0 Å². The third kappa shape index (κ3) is 4.13. The van der Waals surface area contributed by atoms with E-state index in [1.807, 2.05) is 12.1 Å². The van der Waals surface area contributed by atoms with E-state index in [2.05, 4.69) is 29.1 Å². The van der Waals surface area contributed by atoms with E-state index in [4.69, 9.17) is 21.1 Å². The van der Waals surface area contributed by atoms with E-state index >= 15 is 0 Å². The molecule has 1 heterocycles. The van der Waals surface area contributed by atoms with Crippen molar-refractivity contribution in [3.05, 3.63) is 45.1 Å². The van der Waals surface area contributed by atoms with E-state index in [9.17, 15) is 0 Å². The monoisotopic (exact) mass is 325 g/mol. The minimum Gasteiger partial charge on any atom is -0.493 e. The van der Waals surface area contributed by atoms with Gasteiger partial charge >= 0.3 is 0 Å². The fourth-order valence-electron chi connectivity index (χ4n) is 2.19. The summed E-state index contributed by atoms with van der Waals surface area (Å²) in [6, 6.07) is 6.38. The van der Waals surface area contributed by atoms with Gasteiger partial charge in [0.05, 0.1) is 19.2 Å². The van der Waals surface area contributed by atoms with Gasteiger partial charge in [-0.25, -0.2) is 0 Å². The van der Waals surface area contributed by atoms with Crippen molar-refractivity contribution in [1.82, 2.24) is 5.32 Å². The highest BCUT2D eigenvalue weighted by atomic mass is 35.5. The lowest BCUT2D eigenvalue weighted by molar-refractivity contribution is 0.354. The van der Waals surface area contributed by atoms with Crippen molar-refractivity contribution in [3.8, 4) is 11.5 Å². The maximum Gasteiger partial charge on any atom is 0.179 e. The Kier molecular flexibility index (Phi) is 5.91. The van der Waals surface area contributed by atoms with Crippen LogP contribution in [-0.4, -0.2) is 20.3 Å². The van der Waals surface area contributed by atoms with Crippen LogP contribution >= 0.6 is 22.9 Å². The molecular weight excluding hydrogens is 306 g/mol. The number of methoxy groups -OCH3 is 2. The van der Waals surface area contributed by atoms with E-state index < -0.39 is 0 Å². The Labute approximate surface area is 134 Å². The summed E-state index contributed by atoms with van der Waals surface area (Å²) in [7, 11) is 3.20. The highest BCUT2D eigenvalue weighted by Gasteiger charge is 2.13. The Hall–Kier alpha value is -1.23. The predicted octanol–water partition coefficient (Wildman–Crippen LogP) is 4.14. The Morgan fingerprint density at radius 2 is 2.05 bits per heavy atom. The molecule has 0 aliphatic heterocycles. The molecule has 21 heavy (non-hydrogen) atoms. The number of nitrogens with one attached hydrogen (secondary N) is 1. The molecule has 1 N–H and O–H groups in total. The zero-order chi connectivity index (χ0) is 15.2. The number of benzene rings is 1. The van der Waals surface area contributed by atoms with Gasteiger partial charge < -0.3 is 14.8 Å². The van der Waals surface area contributed by atoms with Crippen molar-refractivity contribution in [2.24, 2.45) is 0 Å². The molecule has 0 radical (unpaired) electrons. The Morgan fingerprint density at radius 1 is 1.24 bits per heavy atom. The second-order valence-corrected chi connectivity index (χ2v) is 6.05. The zero-order valence-electron chi connectivity index (χ0n) is 12.5. The molecule has 1 aromatic carbocycles. The second kappa shape index (κ2) is 7.69. The van der Waals surface area contributed by atoms with Gasteiger partial charge in [-0.2, -0.15) is 11.3 Å². The van der Waals surface area contributed by atoms with Crippen molar-refractivity contribution in [1.29, 1.82) is 0 Å². The smallest absolute Gasteiger partial charge is 0.179 e. The first-order valence-electron chi connectivity index (χ1n) is 6.79. The van der Waals surface area contributed by atoms with Gasteiger partial charge in [0.2, 0.25) is 0 Å². The molecule has 0 bridgehead atoms. The summed E-state index contributed by atoms with van der Waals surface area (Å²) in [4.78, 5) is 0. The highest BCUT2D eigenvalue weighted by molar-refractivity contribution is 7.07. The molecule has 3 nitrogen and oxygen atoms in total. The molecule has 2 rings (SSSR count). The number of thiophene rings is 1. The van der Waals surface area contributed by atoms with Crippen molar-refractivity contribution < 1.29 is 9.47 Å². The minimum absolute atomic E-state index is 0.378. The highest BCUT2D eigenvalue weighted by Crippen LogP contribution is 2.37. The van der Waals surface area contributed by atoms with Gasteiger partial charge in [-0.05, 0) is 47.4 Å². The van der Waals surface area contributed by atoms with Crippen LogP contribution < -0.4 is 14.8 Å². The summed E-state index contributed by atoms with van der Waals surface area (Å²) in [6.07, 6.45) is 1.01. The topological polar surface area (TPSA) is 30.5 Å². The van der Waals surface area contributed by atoms with Crippen LogP contribution in [0.25, 0.3) is 0 Å². The summed E-state index contributed by atoms with van der Waals surface area (Å²) in [5.41, 5.74) is 2.37. The third-order valence-corrected chi connectivity index (χ3v) is 4.47. The van der Waals surface area contributed by atoms with Crippen molar-refractivity contribution in [2.75, 3.05) is 14.2 Å². The molecule has 0 aliphatic rings. The largest absolute Gasteiger partial charge is 0.493 e. The summed E-state index contributed by atoms with van der Waals surface area (Å²) < 4.78 is 10.6. The van der Waals surface area contributed by atoms with Crippen LogP contribution in [-0.2, 0) is 13.0 Å². The first-order valence-corrected chi connectivity index (χ1v) is 8.11. The molecule has 0 saturated carbocycles. The molecule has 0 fully saturated rings. The van der Waals surface area contributed by atoms with E-state index in [1.165, 1.54) is 5.56 Å². The number of rotatable bonds is 7. The van der Waals surface area contributed by atoms with Crippen LogP contribution in [0.15, 0.2) is 29.0 Å². The van der Waals surface area contributed by atoms with Gasteiger partial charge in [0.15, 0.2) is 11.5 Å². The van der Waals surface area contributed by atoms with Crippen molar-refractivity contribution in [2.45, 2.75) is 25.9 Å². The number of hydrogen-bond donors (Lipinski definition) is 1. The van der Waals surface area contributed by atoms with E-state index in [1.54, 1.807) is 25.6 Å². The number of ether oxygens (including phenoxy) is 2. The van der Waals surface area contributed by atoms with Gasteiger partial charge in [-0.3, -0.25) is 0 Å². The van der Waals surface area contributed by atoms with E-state index in [0.29, 0.717) is 29.1 Å². The summed E-state index contributed by atoms with van der Waals surface area (Å²) >= 11 is 8.10. The van der Waals surface area contributed by atoms with Gasteiger partial charge in [0.1, 0.15) is 0 Å². The molecule has 1 unspecified atom stereocenters. The second-order valence-electron chi connectivity index (χ2n) is 4.89. The summed E-state index contributed by atoms with van der Waals surface area (Å²) in [6.45, 7) is 2.87. The SMILES string of the molecule is COc1ccc(CNC(C)Cc2ccsc2)c(Cl)c1OC. The third-order valence-electron chi connectivity index (χ3n) is 3.33. The Morgan fingerprint density at radius 3 is 2.67 bits per heavy atom. The first kappa shape index (κ1) is 16.1. The lowest BCUT2D eigenvalue weighted by Crippen LogP contribution is -2.27. The zero-order valence-corrected chi connectivity index (χ0v) is 14.1. The molecule has 0 spiro atoms. The van der Waals surface area contributed by atoms with Crippen LogP contribution in [0.2, 0.25) is 5.02 Å². The normalized spacial score (nSPS) is 12.2. The van der Waals surface area contributed by atoms with Crippen LogP contribution in [0, 0.1) is 0 Å². The molecule has 0 amide bonds. The maximum atomic E-state index is 6.38. The number of hydrogen-bond acceptors (Lipinski definition) is 4. The predicted molar refractivity (Wildman–Crippen MR) is 88.9 cm³/mol. The lowest BCUT2D eigenvalue weighted by Gasteiger charge is -2.16. The average molecular weight is 326 g/mol. The number of halogens is 1. The minimum atomic E-state index is 0.378. The molecule has 114 valence electrons. The lowest BCUT2D eigenvalue weighted by atomic mass is 10.1. The Bertz CT molecular complexity index is 572. The molecule has 0 aliphatic carbocycles. The molecule has 1 atom stereocenters. The van der Waals surface area contributed by atoms with Crippen LogP contribution in [0.5, 0.6) is 11.5 Å². The maximum absolute atomic E-state index is 6.38. The standard InChI is InChI=1S/C16H20ClNO2S/c1-11(8-12-6-7-21-10-12)18-9-13-4-5-14(19-2)16(20-3)15(13)17/h4-7,10-11,18H,8-9H2,1-3H3. The van der Waals surface area contributed by atoms with Gasteiger partial charge in [-0.1, -0.05) is 17.7 Å². The van der Waals surface area contributed by atoms with Gasteiger partial charge in [0, 0.05) is 12.6 Å². The van der Waals surface area contributed by atoms with Gasteiger partial charge in [0.25, 0.3) is 0 Å². The quantitative estimate of drug-likeness (QED) is 0.830. The Balaban J connectivity index is 1.99. The first-order chi connectivity index (χ1) is 10.2. The molecule has 0 saturated heterocycles. The molecule has 1 aromatic heterocycles. The van der Waals surface area contributed by atoms with Gasteiger partial charge in [-0.15, -0.1) is 0 Å². The van der Waals surface area contributed by atoms with Crippen molar-refractivity contribution >= 4 is 22.9 Å². The van der Waals surface area contributed by atoms with Crippen molar-refractivity contribution in [3.63, 3.8) is 0 Å². The van der Waals surface area contributed by atoms with Crippen LogP contribution in [0.4, 0.5) is 0 Å². The van der Waals surface area contributed by atoms with Crippen LogP contribution in [0.1, 0.15) is 18.1 Å².